The van der Waals surface area contributed by atoms with Crippen LogP contribution in [0.25, 0.3) is 11.3 Å². The molecule has 28 heavy (non-hydrogen) atoms. The summed E-state index contributed by atoms with van der Waals surface area (Å²) in [6.45, 7) is -0.514. The van der Waals surface area contributed by atoms with Crippen molar-refractivity contribution in [2.45, 2.75) is 12.3 Å². The fourth-order valence-corrected chi connectivity index (χ4v) is 2.49. The molecule has 1 unspecified atom stereocenters. The maximum Gasteiger partial charge on any atom is 0.416 e. The molecule has 0 aliphatic rings. The van der Waals surface area contributed by atoms with Gasteiger partial charge in [-0.2, -0.15) is 13.2 Å². The van der Waals surface area contributed by atoms with Gasteiger partial charge in [0.05, 0.1) is 17.7 Å². The summed E-state index contributed by atoms with van der Waals surface area (Å²) in [5, 5.41) is 9.61. The Labute approximate surface area is 157 Å². The zero-order chi connectivity index (χ0) is 20.3. The number of rotatable bonds is 6. The smallest absolute Gasteiger partial charge is 0.416 e. The number of hydrogen-bond acceptors (Lipinski definition) is 5. The number of aromatic nitrogens is 1. The van der Waals surface area contributed by atoms with Crippen LogP contribution >= 0.6 is 0 Å². The van der Waals surface area contributed by atoms with Crippen LogP contribution in [-0.2, 0) is 6.18 Å². The molecule has 146 valence electrons. The van der Waals surface area contributed by atoms with Crippen molar-refractivity contribution in [3.8, 4) is 17.0 Å². The number of para-hydroxylation sites is 1. The third-order valence-corrected chi connectivity index (χ3v) is 3.89. The van der Waals surface area contributed by atoms with Crippen LogP contribution in [-0.4, -0.2) is 22.6 Å². The topological polar surface area (TPSA) is 98.6 Å². The maximum atomic E-state index is 12.7. The number of halogens is 3. The van der Waals surface area contributed by atoms with Gasteiger partial charge >= 0.3 is 6.18 Å². The lowest BCUT2D eigenvalue weighted by Gasteiger charge is -2.15. The lowest BCUT2D eigenvalue weighted by Crippen LogP contribution is -2.17. The first-order chi connectivity index (χ1) is 13.3. The van der Waals surface area contributed by atoms with E-state index in [9.17, 15) is 23.1 Å². The summed E-state index contributed by atoms with van der Waals surface area (Å²) in [4.78, 5) is 15.6. The Morgan fingerprint density at radius 1 is 1.18 bits per heavy atom. The summed E-state index contributed by atoms with van der Waals surface area (Å²) < 4.78 is 48.9. The summed E-state index contributed by atoms with van der Waals surface area (Å²) in [5.74, 6) is -0.565. The van der Waals surface area contributed by atoms with Gasteiger partial charge in [-0.1, -0.05) is 24.3 Å². The van der Waals surface area contributed by atoms with E-state index in [0.717, 1.165) is 12.1 Å². The highest BCUT2D eigenvalue weighted by Gasteiger charge is 2.30. The van der Waals surface area contributed by atoms with Crippen LogP contribution in [0.3, 0.4) is 0 Å². The van der Waals surface area contributed by atoms with Gasteiger partial charge in [-0.25, -0.2) is 4.98 Å². The second-order valence-electron chi connectivity index (χ2n) is 5.80. The molecule has 3 aromatic rings. The van der Waals surface area contributed by atoms with Crippen molar-refractivity contribution in [3.63, 3.8) is 0 Å². The predicted octanol–water partition coefficient (Wildman–Crippen LogP) is 3.57. The number of aliphatic hydroxyl groups is 1. The van der Waals surface area contributed by atoms with E-state index in [-0.39, 0.29) is 22.9 Å². The number of hydrogen-bond donors (Lipinski definition) is 2. The number of amides is 1. The first-order valence-electron chi connectivity index (χ1n) is 8.09. The van der Waals surface area contributed by atoms with Crippen molar-refractivity contribution in [2.24, 2.45) is 5.73 Å². The van der Waals surface area contributed by atoms with E-state index in [0.29, 0.717) is 5.56 Å². The number of carbonyl (C=O) groups excluding carboxylic acids is 1. The Hall–Kier alpha value is -3.33. The molecular weight excluding hydrogens is 377 g/mol. The zero-order valence-corrected chi connectivity index (χ0v) is 14.3. The summed E-state index contributed by atoms with van der Waals surface area (Å²) in [6, 6.07) is 10.6. The second kappa shape index (κ2) is 7.73. The highest BCUT2D eigenvalue weighted by atomic mass is 19.4. The van der Waals surface area contributed by atoms with Gasteiger partial charge in [0.15, 0.2) is 6.10 Å². The molecule has 1 aromatic heterocycles. The summed E-state index contributed by atoms with van der Waals surface area (Å²) in [5.41, 5.74) is 5.31. The molecule has 0 saturated heterocycles. The van der Waals surface area contributed by atoms with Crippen LogP contribution < -0.4 is 10.5 Å². The van der Waals surface area contributed by atoms with Gasteiger partial charge < -0.3 is 20.0 Å². The van der Waals surface area contributed by atoms with Gasteiger partial charge in [0.2, 0.25) is 5.89 Å². The third kappa shape index (κ3) is 4.15. The van der Waals surface area contributed by atoms with Crippen molar-refractivity contribution in [1.82, 2.24) is 4.98 Å². The van der Waals surface area contributed by atoms with Crippen LogP contribution in [0.5, 0.6) is 5.75 Å². The van der Waals surface area contributed by atoms with Crippen molar-refractivity contribution >= 4 is 5.91 Å². The molecule has 0 bridgehead atoms. The van der Waals surface area contributed by atoms with Gasteiger partial charge in [0.1, 0.15) is 17.7 Å². The van der Waals surface area contributed by atoms with Crippen molar-refractivity contribution < 1.29 is 32.2 Å². The molecule has 3 rings (SSSR count). The Morgan fingerprint density at radius 3 is 2.46 bits per heavy atom. The summed E-state index contributed by atoms with van der Waals surface area (Å²) in [7, 11) is 0. The molecule has 0 aliphatic heterocycles. The van der Waals surface area contributed by atoms with Crippen molar-refractivity contribution in [2.75, 3.05) is 6.61 Å². The summed E-state index contributed by atoms with van der Waals surface area (Å²) >= 11 is 0. The molecule has 0 radical (unpaired) electrons. The number of nitrogens with zero attached hydrogens (tertiary/aromatic N) is 1. The Morgan fingerprint density at radius 2 is 1.86 bits per heavy atom. The van der Waals surface area contributed by atoms with E-state index >= 15 is 0 Å². The predicted molar refractivity (Wildman–Crippen MR) is 92.4 cm³/mol. The molecule has 1 atom stereocenters. The molecule has 0 spiro atoms. The number of benzene rings is 2. The quantitative estimate of drug-likeness (QED) is 0.668. The molecule has 2 aromatic carbocycles. The number of ether oxygens (including phenoxy) is 1. The van der Waals surface area contributed by atoms with Gasteiger partial charge in [-0.05, 0) is 24.3 Å². The second-order valence-corrected chi connectivity index (χ2v) is 5.80. The molecule has 9 heteroatoms. The monoisotopic (exact) mass is 392 g/mol. The highest BCUT2D eigenvalue weighted by Crippen LogP contribution is 2.31. The minimum absolute atomic E-state index is 0.00308. The largest absolute Gasteiger partial charge is 0.477 e. The first kappa shape index (κ1) is 19.4. The zero-order valence-electron chi connectivity index (χ0n) is 14.3. The number of carbonyl (C=O) groups is 1. The molecular formula is C19H15F3N2O4. The number of primary amides is 1. The van der Waals surface area contributed by atoms with E-state index in [1.165, 1.54) is 30.5 Å². The van der Waals surface area contributed by atoms with E-state index in [4.69, 9.17) is 14.9 Å². The molecule has 6 nitrogen and oxygen atoms in total. The Balaban J connectivity index is 1.83. The van der Waals surface area contributed by atoms with Gasteiger partial charge in [-0.15, -0.1) is 0 Å². The minimum atomic E-state index is -4.43. The van der Waals surface area contributed by atoms with Gasteiger partial charge in [0.25, 0.3) is 5.91 Å². The van der Waals surface area contributed by atoms with Crippen LogP contribution in [0.2, 0.25) is 0 Å². The SMILES string of the molecule is NC(=O)c1ccccc1OC(CO)c1nc(-c2ccc(C(F)(F)F)cc2)co1. The summed E-state index contributed by atoms with van der Waals surface area (Å²) in [6.07, 6.45) is -4.23. The molecule has 0 aliphatic carbocycles. The first-order valence-corrected chi connectivity index (χ1v) is 8.09. The lowest BCUT2D eigenvalue weighted by molar-refractivity contribution is -0.137. The van der Waals surface area contributed by atoms with Crippen molar-refractivity contribution in [3.05, 3.63) is 71.8 Å². The fraction of sp³-hybridized carbons (Fsp3) is 0.158. The number of aliphatic hydroxyl groups excluding tert-OH is 1. The normalized spacial score (nSPS) is 12.6. The molecule has 3 N–H and O–H groups in total. The van der Waals surface area contributed by atoms with E-state index in [1.807, 2.05) is 0 Å². The maximum absolute atomic E-state index is 12.7. The fourth-order valence-electron chi connectivity index (χ4n) is 2.49. The van der Waals surface area contributed by atoms with Crippen LogP contribution in [0.15, 0.2) is 59.2 Å². The molecule has 0 fully saturated rings. The standard InChI is InChI=1S/C19H15F3N2O4/c20-19(21,22)12-7-5-11(6-8-12)14-10-27-18(24-14)16(9-25)28-15-4-2-1-3-13(15)17(23)26/h1-8,10,16,25H,9H2,(H2,23,26). The van der Waals surface area contributed by atoms with Crippen LogP contribution in [0.4, 0.5) is 13.2 Å². The van der Waals surface area contributed by atoms with Gasteiger partial charge in [0, 0.05) is 5.56 Å². The molecule has 1 amide bonds. The Bertz CT molecular complexity index is 968. The third-order valence-electron chi connectivity index (χ3n) is 3.89. The van der Waals surface area contributed by atoms with E-state index < -0.39 is 30.4 Å². The van der Waals surface area contributed by atoms with Crippen LogP contribution in [0, 0.1) is 0 Å². The molecule has 1 heterocycles. The Kier molecular flexibility index (Phi) is 5.36. The minimum Gasteiger partial charge on any atom is -0.477 e. The number of oxazole rings is 1. The van der Waals surface area contributed by atoms with Crippen LogP contribution in [0.1, 0.15) is 27.9 Å². The van der Waals surface area contributed by atoms with E-state index in [2.05, 4.69) is 4.98 Å². The van der Waals surface area contributed by atoms with Crippen molar-refractivity contribution in [1.29, 1.82) is 0 Å². The number of alkyl halides is 3. The van der Waals surface area contributed by atoms with Gasteiger partial charge in [-0.3, -0.25) is 4.79 Å². The average molecular weight is 392 g/mol. The average Bonchev–Trinajstić information content (AvgIpc) is 3.15. The van der Waals surface area contributed by atoms with E-state index in [1.54, 1.807) is 12.1 Å². The highest BCUT2D eigenvalue weighted by molar-refractivity contribution is 5.95. The lowest BCUT2D eigenvalue weighted by atomic mass is 10.1. The number of nitrogens with two attached hydrogens (primary N) is 1. The molecule has 0 saturated carbocycles.